The summed E-state index contributed by atoms with van der Waals surface area (Å²) in [6, 6.07) is 6.52. The van der Waals surface area contributed by atoms with E-state index in [1.54, 1.807) is 18.5 Å². The Labute approximate surface area is 97.7 Å². The molecule has 1 atom stereocenters. The lowest BCUT2D eigenvalue weighted by molar-refractivity contribution is 0.386. The number of nitrogens with one attached hydrogen (secondary N) is 1. The monoisotopic (exact) mass is 231 g/mol. The van der Waals surface area contributed by atoms with Crippen molar-refractivity contribution in [2.24, 2.45) is 0 Å². The van der Waals surface area contributed by atoms with E-state index in [2.05, 4.69) is 16.0 Å². The molecular formula is C12H10FN3O. The highest BCUT2D eigenvalue weighted by Gasteiger charge is 2.17. The SMILES string of the molecule is COc1ccc(C(C#N)c2ncc[nH]2)cc1F. The molecule has 0 radical (unpaired) electrons. The Bertz CT molecular complexity index is 545. The summed E-state index contributed by atoms with van der Waals surface area (Å²) in [7, 11) is 1.40. The number of H-pyrrole nitrogens is 1. The number of ether oxygens (including phenoxy) is 1. The Morgan fingerprint density at radius 2 is 2.35 bits per heavy atom. The normalized spacial score (nSPS) is 11.8. The first-order chi connectivity index (χ1) is 8.26. The molecule has 2 aromatic rings. The second-order valence-electron chi connectivity index (χ2n) is 3.43. The molecule has 5 heteroatoms. The molecule has 0 amide bonds. The Hall–Kier alpha value is -2.35. The number of aromatic nitrogens is 2. The van der Waals surface area contributed by atoms with Crippen molar-refractivity contribution >= 4 is 0 Å². The third-order valence-corrected chi connectivity index (χ3v) is 2.43. The van der Waals surface area contributed by atoms with Gasteiger partial charge in [-0.3, -0.25) is 0 Å². The van der Waals surface area contributed by atoms with Gasteiger partial charge in [0.1, 0.15) is 11.7 Å². The molecule has 0 saturated carbocycles. The van der Waals surface area contributed by atoms with Gasteiger partial charge in [-0.2, -0.15) is 5.26 Å². The van der Waals surface area contributed by atoms with E-state index < -0.39 is 11.7 Å². The van der Waals surface area contributed by atoms with E-state index in [0.29, 0.717) is 11.4 Å². The Kier molecular flexibility index (Phi) is 3.06. The average Bonchev–Trinajstić information content (AvgIpc) is 2.84. The van der Waals surface area contributed by atoms with Gasteiger partial charge in [0.25, 0.3) is 0 Å². The van der Waals surface area contributed by atoms with Gasteiger partial charge in [0.2, 0.25) is 0 Å². The van der Waals surface area contributed by atoms with Crippen molar-refractivity contribution in [3.63, 3.8) is 0 Å². The van der Waals surface area contributed by atoms with Crippen LogP contribution in [0.25, 0.3) is 0 Å². The van der Waals surface area contributed by atoms with Crippen molar-refractivity contribution in [2.45, 2.75) is 5.92 Å². The highest BCUT2D eigenvalue weighted by atomic mass is 19.1. The summed E-state index contributed by atoms with van der Waals surface area (Å²) in [5.41, 5.74) is 0.542. The fraction of sp³-hybridized carbons (Fsp3) is 0.167. The largest absolute Gasteiger partial charge is 0.494 e. The summed E-state index contributed by atoms with van der Waals surface area (Å²) in [4.78, 5) is 6.85. The number of imidazole rings is 1. The van der Waals surface area contributed by atoms with Crippen molar-refractivity contribution in [2.75, 3.05) is 7.11 Å². The predicted octanol–water partition coefficient (Wildman–Crippen LogP) is 2.21. The molecule has 0 fully saturated rings. The van der Waals surface area contributed by atoms with Crippen LogP contribution in [0.3, 0.4) is 0 Å². The number of halogens is 1. The number of hydrogen-bond donors (Lipinski definition) is 1. The lowest BCUT2D eigenvalue weighted by Gasteiger charge is -2.08. The zero-order chi connectivity index (χ0) is 12.3. The van der Waals surface area contributed by atoms with Gasteiger partial charge >= 0.3 is 0 Å². The third-order valence-electron chi connectivity index (χ3n) is 2.43. The topological polar surface area (TPSA) is 61.7 Å². The van der Waals surface area contributed by atoms with Gasteiger partial charge in [0.15, 0.2) is 11.6 Å². The summed E-state index contributed by atoms with van der Waals surface area (Å²) >= 11 is 0. The molecule has 0 aliphatic carbocycles. The summed E-state index contributed by atoms with van der Waals surface area (Å²) in [6.07, 6.45) is 3.18. The molecule has 1 aromatic heterocycles. The Morgan fingerprint density at radius 1 is 1.53 bits per heavy atom. The maximum Gasteiger partial charge on any atom is 0.165 e. The number of benzene rings is 1. The molecule has 0 aliphatic rings. The van der Waals surface area contributed by atoms with Crippen LogP contribution in [-0.4, -0.2) is 17.1 Å². The molecule has 0 aliphatic heterocycles. The smallest absolute Gasteiger partial charge is 0.165 e. The molecule has 1 N–H and O–H groups in total. The van der Waals surface area contributed by atoms with Crippen LogP contribution in [0.4, 0.5) is 4.39 Å². The van der Waals surface area contributed by atoms with E-state index in [-0.39, 0.29) is 5.75 Å². The lowest BCUT2D eigenvalue weighted by Crippen LogP contribution is -2.01. The number of methoxy groups -OCH3 is 1. The van der Waals surface area contributed by atoms with Crippen LogP contribution in [0.5, 0.6) is 5.75 Å². The van der Waals surface area contributed by atoms with E-state index in [9.17, 15) is 4.39 Å². The van der Waals surface area contributed by atoms with Gasteiger partial charge in [0, 0.05) is 12.4 Å². The minimum Gasteiger partial charge on any atom is -0.494 e. The summed E-state index contributed by atoms with van der Waals surface area (Å²) < 4.78 is 18.3. The predicted molar refractivity (Wildman–Crippen MR) is 59.0 cm³/mol. The van der Waals surface area contributed by atoms with Crippen LogP contribution in [-0.2, 0) is 0 Å². The Morgan fingerprint density at radius 3 is 2.88 bits per heavy atom. The maximum absolute atomic E-state index is 13.5. The molecule has 1 heterocycles. The molecule has 17 heavy (non-hydrogen) atoms. The first-order valence-electron chi connectivity index (χ1n) is 4.98. The van der Waals surface area contributed by atoms with E-state index in [4.69, 9.17) is 10.00 Å². The molecule has 0 spiro atoms. The van der Waals surface area contributed by atoms with Gasteiger partial charge in [-0.05, 0) is 17.7 Å². The third kappa shape index (κ3) is 2.11. The summed E-state index contributed by atoms with van der Waals surface area (Å²) in [5, 5.41) is 9.10. The number of aromatic amines is 1. The zero-order valence-electron chi connectivity index (χ0n) is 9.14. The highest BCUT2D eigenvalue weighted by Crippen LogP contribution is 2.25. The van der Waals surface area contributed by atoms with Crippen LogP contribution in [0, 0.1) is 17.1 Å². The molecule has 86 valence electrons. The van der Waals surface area contributed by atoms with Crippen molar-refractivity contribution < 1.29 is 9.13 Å². The first-order valence-corrected chi connectivity index (χ1v) is 4.98. The van der Waals surface area contributed by atoms with Crippen LogP contribution in [0.1, 0.15) is 17.3 Å². The quantitative estimate of drug-likeness (QED) is 0.880. The van der Waals surface area contributed by atoms with E-state index in [0.717, 1.165) is 0 Å². The van der Waals surface area contributed by atoms with E-state index in [1.165, 1.54) is 19.2 Å². The fourth-order valence-electron chi connectivity index (χ4n) is 1.59. The van der Waals surface area contributed by atoms with Gasteiger partial charge in [-0.15, -0.1) is 0 Å². The van der Waals surface area contributed by atoms with E-state index >= 15 is 0 Å². The summed E-state index contributed by atoms with van der Waals surface area (Å²) in [6.45, 7) is 0. The second kappa shape index (κ2) is 4.66. The van der Waals surface area contributed by atoms with Crippen LogP contribution in [0.2, 0.25) is 0 Å². The van der Waals surface area contributed by atoms with Crippen LogP contribution in [0.15, 0.2) is 30.6 Å². The Balaban J connectivity index is 2.40. The number of nitrogens with zero attached hydrogens (tertiary/aromatic N) is 2. The molecule has 0 saturated heterocycles. The number of nitriles is 1. The minimum atomic E-state index is -0.606. The molecule has 2 rings (SSSR count). The molecule has 1 unspecified atom stereocenters. The highest BCUT2D eigenvalue weighted by molar-refractivity contribution is 5.37. The average molecular weight is 231 g/mol. The molecular weight excluding hydrogens is 221 g/mol. The zero-order valence-corrected chi connectivity index (χ0v) is 9.14. The minimum absolute atomic E-state index is 0.157. The van der Waals surface area contributed by atoms with Gasteiger partial charge in [-0.1, -0.05) is 6.07 Å². The van der Waals surface area contributed by atoms with E-state index in [1.807, 2.05) is 0 Å². The standard InChI is InChI=1S/C12H10FN3O/c1-17-11-3-2-8(6-10(11)13)9(7-14)12-15-4-5-16-12/h2-6,9H,1H3,(H,15,16). The summed E-state index contributed by atoms with van der Waals surface area (Å²) in [5.74, 6) is -0.441. The van der Waals surface area contributed by atoms with Crippen molar-refractivity contribution in [3.8, 4) is 11.8 Å². The molecule has 1 aromatic carbocycles. The van der Waals surface area contributed by atoms with Gasteiger partial charge in [-0.25, -0.2) is 9.37 Å². The molecule has 0 bridgehead atoms. The van der Waals surface area contributed by atoms with Crippen LogP contribution < -0.4 is 4.74 Å². The van der Waals surface area contributed by atoms with Crippen molar-refractivity contribution in [3.05, 3.63) is 47.8 Å². The van der Waals surface area contributed by atoms with Crippen LogP contribution >= 0.6 is 0 Å². The number of rotatable bonds is 3. The van der Waals surface area contributed by atoms with Crippen molar-refractivity contribution in [1.82, 2.24) is 9.97 Å². The second-order valence-corrected chi connectivity index (χ2v) is 3.43. The first kappa shape index (κ1) is 11.1. The van der Waals surface area contributed by atoms with Gasteiger partial charge < -0.3 is 9.72 Å². The number of hydrogen-bond acceptors (Lipinski definition) is 3. The molecule has 4 nitrogen and oxygen atoms in total. The fourth-order valence-corrected chi connectivity index (χ4v) is 1.59. The van der Waals surface area contributed by atoms with Crippen molar-refractivity contribution in [1.29, 1.82) is 5.26 Å². The lowest BCUT2D eigenvalue weighted by atomic mass is 10.00. The van der Waals surface area contributed by atoms with Gasteiger partial charge in [0.05, 0.1) is 13.2 Å². The maximum atomic E-state index is 13.5.